The number of amides is 2. The Morgan fingerprint density at radius 3 is 2.70 bits per heavy atom. The normalized spacial score (nSPS) is 11.9. The Kier molecular flexibility index (Phi) is 4.79. The first kappa shape index (κ1) is 14.1. The van der Waals surface area contributed by atoms with Crippen molar-refractivity contribution in [2.24, 2.45) is 0 Å². The fraction of sp³-hybridized carbons (Fsp3) is 0.267. The summed E-state index contributed by atoms with van der Waals surface area (Å²) in [5, 5.41) is 15.2. The molecule has 106 valence electrons. The molecule has 3 N–H and O–H groups in total. The van der Waals surface area contributed by atoms with Gasteiger partial charge in [-0.3, -0.25) is 0 Å². The molecule has 1 heterocycles. The lowest BCUT2D eigenvalue weighted by Gasteiger charge is -2.10. The molecule has 5 nitrogen and oxygen atoms in total. The molecule has 1 aromatic heterocycles. The number of aryl methyl sites for hydroxylation is 1. The smallest absolute Gasteiger partial charge is 0.319 e. The van der Waals surface area contributed by atoms with E-state index < -0.39 is 6.10 Å². The van der Waals surface area contributed by atoms with Gasteiger partial charge in [-0.15, -0.1) is 0 Å². The Balaban J connectivity index is 1.71. The van der Waals surface area contributed by atoms with Gasteiger partial charge in [0.1, 0.15) is 11.9 Å². The zero-order valence-corrected chi connectivity index (χ0v) is 11.3. The zero-order chi connectivity index (χ0) is 14.4. The number of urea groups is 1. The summed E-state index contributed by atoms with van der Waals surface area (Å²) in [6, 6.07) is 10.7. The number of carbonyl (C=O) groups excluding carboxylic acids is 1. The molecule has 1 unspecified atom stereocenters. The lowest BCUT2D eigenvalue weighted by Crippen LogP contribution is -2.30. The van der Waals surface area contributed by atoms with Gasteiger partial charge < -0.3 is 20.2 Å². The molecular weight excluding hydrogens is 256 g/mol. The Bertz CT molecular complexity index is 535. The van der Waals surface area contributed by atoms with Crippen LogP contribution in [0.4, 0.5) is 10.5 Å². The quantitative estimate of drug-likeness (QED) is 0.784. The monoisotopic (exact) mass is 274 g/mol. The van der Waals surface area contributed by atoms with Gasteiger partial charge >= 0.3 is 6.03 Å². The van der Waals surface area contributed by atoms with E-state index in [-0.39, 0.29) is 6.03 Å². The highest BCUT2D eigenvalue weighted by atomic mass is 16.4. The molecule has 20 heavy (non-hydrogen) atoms. The number of aliphatic hydroxyl groups excluding tert-OH is 1. The number of hydrogen-bond donors (Lipinski definition) is 3. The van der Waals surface area contributed by atoms with Crippen LogP contribution in [0.2, 0.25) is 0 Å². The van der Waals surface area contributed by atoms with Crippen molar-refractivity contribution >= 4 is 11.7 Å². The van der Waals surface area contributed by atoms with Gasteiger partial charge in [0.25, 0.3) is 0 Å². The van der Waals surface area contributed by atoms with Crippen molar-refractivity contribution in [1.82, 2.24) is 5.32 Å². The van der Waals surface area contributed by atoms with Crippen LogP contribution in [0.1, 0.15) is 23.8 Å². The fourth-order valence-corrected chi connectivity index (χ4v) is 1.76. The van der Waals surface area contributed by atoms with E-state index in [0.717, 1.165) is 11.3 Å². The summed E-state index contributed by atoms with van der Waals surface area (Å²) in [5.74, 6) is 0.505. The van der Waals surface area contributed by atoms with Crippen LogP contribution in [0.25, 0.3) is 0 Å². The van der Waals surface area contributed by atoms with E-state index in [1.54, 1.807) is 12.1 Å². The summed E-state index contributed by atoms with van der Waals surface area (Å²) >= 11 is 0. The van der Waals surface area contributed by atoms with Gasteiger partial charge in [-0.05, 0) is 37.6 Å². The molecule has 1 aromatic carbocycles. The van der Waals surface area contributed by atoms with Crippen LogP contribution in [0.15, 0.2) is 47.1 Å². The third-order valence-electron chi connectivity index (χ3n) is 2.88. The van der Waals surface area contributed by atoms with Crippen molar-refractivity contribution in [2.45, 2.75) is 19.4 Å². The van der Waals surface area contributed by atoms with E-state index in [9.17, 15) is 9.90 Å². The second-order valence-electron chi connectivity index (χ2n) is 4.57. The third kappa shape index (κ3) is 4.13. The molecule has 0 spiro atoms. The fourth-order valence-electron chi connectivity index (χ4n) is 1.76. The number of furan rings is 1. The van der Waals surface area contributed by atoms with E-state index in [2.05, 4.69) is 10.6 Å². The molecule has 0 fully saturated rings. The molecule has 2 aromatic rings. The SMILES string of the molecule is Cc1ccc(NC(=O)NCCC(O)c2ccco2)cc1. The molecule has 0 aliphatic heterocycles. The number of carbonyl (C=O) groups is 1. The van der Waals surface area contributed by atoms with Crippen molar-refractivity contribution in [3.05, 3.63) is 54.0 Å². The van der Waals surface area contributed by atoms with Crippen LogP contribution in [-0.2, 0) is 0 Å². The third-order valence-corrected chi connectivity index (χ3v) is 2.88. The van der Waals surface area contributed by atoms with Gasteiger partial charge in [0.2, 0.25) is 0 Å². The van der Waals surface area contributed by atoms with E-state index in [0.29, 0.717) is 18.7 Å². The second-order valence-corrected chi connectivity index (χ2v) is 4.57. The second kappa shape index (κ2) is 6.77. The minimum Gasteiger partial charge on any atom is -0.467 e. The van der Waals surface area contributed by atoms with E-state index in [4.69, 9.17) is 4.42 Å². The predicted molar refractivity (Wildman–Crippen MR) is 76.5 cm³/mol. The predicted octanol–water partition coefficient (Wildman–Crippen LogP) is 2.83. The van der Waals surface area contributed by atoms with Crippen LogP contribution >= 0.6 is 0 Å². The Hall–Kier alpha value is -2.27. The Morgan fingerprint density at radius 1 is 1.30 bits per heavy atom. The molecular formula is C15H18N2O3. The van der Waals surface area contributed by atoms with Crippen LogP contribution < -0.4 is 10.6 Å². The summed E-state index contributed by atoms with van der Waals surface area (Å²) in [7, 11) is 0. The minimum atomic E-state index is -0.704. The molecule has 0 saturated carbocycles. The largest absolute Gasteiger partial charge is 0.467 e. The number of benzene rings is 1. The van der Waals surface area contributed by atoms with Crippen LogP contribution in [-0.4, -0.2) is 17.7 Å². The van der Waals surface area contributed by atoms with Crippen molar-refractivity contribution in [3.63, 3.8) is 0 Å². The number of nitrogens with one attached hydrogen (secondary N) is 2. The lowest BCUT2D eigenvalue weighted by molar-refractivity contribution is 0.140. The highest BCUT2D eigenvalue weighted by Gasteiger charge is 2.10. The summed E-state index contributed by atoms with van der Waals surface area (Å²) < 4.78 is 5.08. The summed E-state index contributed by atoms with van der Waals surface area (Å²) in [5.41, 5.74) is 1.87. The first-order valence-corrected chi connectivity index (χ1v) is 6.48. The molecule has 0 radical (unpaired) electrons. The zero-order valence-electron chi connectivity index (χ0n) is 11.3. The van der Waals surface area contributed by atoms with Gasteiger partial charge in [-0.1, -0.05) is 17.7 Å². The van der Waals surface area contributed by atoms with Gasteiger partial charge in [0, 0.05) is 12.2 Å². The molecule has 0 aliphatic carbocycles. The number of rotatable bonds is 5. The first-order valence-electron chi connectivity index (χ1n) is 6.48. The summed E-state index contributed by atoms with van der Waals surface area (Å²) in [6.45, 7) is 2.35. The first-order chi connectivity index (χ1) is 9.65. The highest BCUT2D eigenvalue weighted by molar-refractivity contribution is 5.89. The van der Waals surface area contributed by atoms with E-state index in [1.165, 1.54) is 6.26 Å². The van der Waals surface area contributed by atoms with Crippen molar-refractivity contribution in [2.75, 3.05) is 11.9 Å². The van der Waals surface area contributed by atoms with Crippen molar-refractivity contribution < 1.29 is 14.3 Å². The Morgan fingerprint density at radius 2 is 2.05 bits per heavy atom. The molecule has 0 saturated heterocycles. The minimum absolute atomic E-state index is 0.291. The molecule has 0 aliphatic rings. The van der Waals surface area contributed by atoms with Crippen molar-refractivity contribution in [1.29, 1.82) is 0 Å². The van der Waals surface area contributed by atoms with Gasteiger partial charge in [0.05, 0.1) is 6.26 Å². The summed E-state index contributed by atoms with van der Waals surface area (Å²) in [4.78, 5) is 11.6. The average molecular weight is 274 g/mol. The topological polar surface area (TPSA) is 74.5 Å². The van der Waals surface area contributed by atoms with E-state index >= 15 is 0 Å². The van der Waals surface area contributed by atoms with Gasteiger partial charge in [0.15, 0.2) is 0 Å². The summed E-state index contributed by atoms with van der Waals surface area (Å²) in [6.07, 6.45) is 1.20. The number of anilines is 1. The van der Waals surface area contributed by atoms with Gasteiger partial charge in [-0.25, -0.2) is 4.79 Å². The van der Waals surface area contributed by atoms with Crippen LogP contribution in [0, 0.1) is 6.92 Å². The van der Waals surface area contributed by atoms with Crippen molar-refractivity contribution in [3.8, 4) is 0 Å². The molecule has 2 amide bonds. The molecule has 5 heteroatoms. The maximum atomic E-state index is 11.6. The molecule has 0 bridgehead atoms. The highest BCUT2D eigenvalue weighted by Crippen LogP contribution is 2.15. The van der Waals surface area contributed by atoms with Crippen LogP contribution in [0.5, 0.6) is 0 Å². The Labute approximate surface area is 117 Å². The van der Waals surface area contributed by atoms with Crippen LogP contribution in [0.3, 0.4) is 0 Å². The maximum absolute atomic E-state index is 11.6. The average Bonchev–Trinajstić information content (AvgIpc) is 2.95. The number of aliphatic hydroxyl groups is 1. The lowest BCUT2D eigenvalue weighted by atomic mass is 10.2. The molecule has 2 rings (SSSR count). The standard InChI is InChI=1S/C15H18N2O3/c1-11-4-6-12(7-5-11)17-15(19)16-9-8-13(18)14-3-2-10-20-14/h2-7,10,13,18H,8-9H2,1H3,(H2,16,17,19). The van der Waals surface area contributed by atoms with Gasteiger partial charge in [-0.2, -0.15) is 0 Å². The number of hydrogen-bond acceptors (Lipinski definition) is 3. The van der Waals surface area contributed by atoms with E-state index in [1.807, 2.05) is 31.2 Å². The molecule has 1 atom stereocenters. The maximum Gasteiger partial charge on any atom is 0.319 e.